The van der Waals surface area contributed by atoms with Gasteiger partial charge < -0.3 is 20.5 Å². The molecule has 0 saturated carbocycles. The summed E-state index contributed by atoms with van der Waals surface area (Å²) in [6, 6.07) is 5.32. The molecule has 114 valence electrons. The van der Waals surface area contributed by atoms with E-state index in [1.165, 1.54) is 14.2 Å². The van der Waals surface area contributed by atoms with Crippen LogP contribution < -0.4 is 11.1 Å². The molecule has 0 saturated heterocycles. The molecule has 1 atom stereocenters. The van der Waals surface area contributed by atoms with Crippen LogP contribution in [0.3, 0.4) is 0 Å². The second-order valence-electron chi connectivity index (χ2n) is 4.29. The molecule has 1 aromatic carbocycles. The molecular formula is C14H18N2O5. The van der Waals surface area contributed by atoms with Crippen molar-refractivity contribution in [3.63, 3.8) is 0 Å². The molecule has 0 radical (unpaired) electrons. The van der Waals surface area contributed by atoms with Gasteiger partial charge >= 0.3 is 11.9 Å². The van der Waals surface area contributed by atoms with Crippen molar-refractivity contribution in [2.24, 2.45) is 0 Å². The fraction of sp³-hybridized carbons (Fsp3) is 0.357. The van der Waals surface area contributed by atoms with Crippen molar-refractivity contribution >= 4 is 23.5 Å². The Morgan fingerprint density at radius 1 is 1.14 bits per heavy atom. The van der Waals surface area contributed by atoms with Crippen LogP contribution in [0.25, 0.3) is 0 Å². The van der Waals surface area contributed by atoms with E-state index in [-0.39, 0.29) is 12.8 Å². The van der Waals surface area contributed by atoms with E-state index in [9.17, 15) is 14.4 Å². The van der Waals surface area contributed by atoms with Crippen molar-refractivity contribution in [1.29, 1.82) is 0 Å². The zero-order chi connectivity index (χ0) is 15.8. The Labute approximate surface area is 122 Å². The molecule has 1 unspecified atom stereocenters. The fourth-order valence-corrected chi connectivity index (χ4v) is 1.63. The Bertz CT molecular complexity index is 513. The Kier molecular flexibility index (Phi) is 6.19. The number of anilines is 1. The van der Waals surface area contributed by atoms with Gasteiger partial charge in [-0.25, -0.2) is 4.79 Å². The van der Waals surface area contributed by atoms with Crippen LogP contribution >= 0.6 is 0 Å². The van der Waals surface area contributed by atoms with Gasteiger partial charge in [0.25, 0.3) is 5.91 Å². The molecule has 21 heavy (non-hydrogen) atoms. The summed E-state index contributed by atoms with van der Waals surface area (Å²) in [7, 11) is 2.46. The number of carbonyl (C=O) groups is 3. The maximum Gasteiger partial charge on any atom is 0.328 e. The summed E-state index contributed by atoms with van der Waals surface area (Å²) >= 11 is 0. The van der Waals surface area contributed by atoms with Crippen molar-refractivity contribution in [3.8, 4) is 0 Å². The lowest BCUT2D eigenvalue weighted by molar-refractivity contribution is -0.144. The zero-order valence-electron chi connectivity index (χ0n) is 11.9. The topological polar surface area (TPSA) is 108 Å². The third kappa shape index (κ3) is 5.13. The molecule has 0 bridgehead atoms. The van der Waals surface area contributed by atoms with Crippen LogP contribution in [0.1, 0.15) is 23.2 Å². The van der Waals surface area contributed by atoms with Crippen LogP contribution in [-0.4, -0.2) is 38.1 Å². The number of nitrogen functional groups attached to an aromatic ring is 1. The van der Waals surface area contributed by atoms with Gasteiger partial charge in [0, 0.05) is 17.7 Å². The van der Waals surface area contributed by atoms with E-state index < -0.39 is 23.9 Å². The molecule has 1 rings (SSSR count). The number of amides is 1. The molecular weight excluding hydrogens is 276 g/mol. The molecule has 0 fully saturated rings. The molecule has 0 aliphatic heterocycles. The normalized spacial score (nSPS) is 11.3. The van der Waals surface area contributed by atoms with Crippen molar-refractivity contribution in [1.82, 2.24) is 5.32 Å². The SMILES string of the molecule is COC(=O)CCC(NC(=O)c1ccc(N)cc1)C(=O)OC. The van der Waals surface area contributed by atoms with E-state index in [1.807, 2.05) is 0 Å². The number of hydrogen-bond acceptors (Lipinski definition) is 6. The van der Waals surface area contributed by atoms with Gasteiger partial charge in [-0.05, 0) is 30.7 Å². The summed E-state index contributed by atoms with van der Waals surface area (Å²) in [6.07, 6.45) is 0.0956. The highest BCUT2D eigenvalue weighted by Gasteiger charge is 2.23. The largest absolute Gasteiger partial charge is 0.469 e. The van der Waals surface area contributed by atoms with Gasteiger partial charge in [0.2, 0.25) is 0 Å². The quantitative estimate of drug-likeness (QED) is 0.584. The highest BCUT2D eigenvalue weighted by molar-refractivity contribution is 5.97. The molecule has 7 nitrogen and oxygen atoms in total. The molecule has 0 aliphatic rings. The van der Waals surface area contributed by atoms with E-state index >= 15 is 0 Å². The van der Waals surface area contributed by atoms with Crippen LogP contribution in [0, 0.1) is 0 Å². The predicted octanol–water partition coefficient (Wildman–Crippen LogP) is 0.493. The van der Waals surface area contributed by atoms with E-state index in [0.717, 1.165) is 0 Å². The number of benzene rings is 1. The molecule has 3 N–H and O–H groups in total. The molecule has 7 heteroatoms. The minimum absolute atomic E-state index is 0.00170. The van der Waals surface area contributed by atoms with Crippen molar-refractivity contribution in [2.45, 2.75) is 18.9 Å². The predicted molar refractivity (Wildman–Crippen MR) is 75.4 cm³/mol. The third-order valence-electron chi connectivity index (χ3n) is 2.83. The fourth-order valence-electron chi connectivity index (χ4n) is 1.63. The Morgan fingerprint density at radius 2 is 1.76 bits per heavy atom. The van der Waals surface area contributed by atoms with Gasteiger partial charge in [0.15, 0.2) is 0 Å². The second kappa shape index (κ2) is 7.88. The summed E-state index contributed by atoms with van der Waals surface area (Å²) in [6.45, 7) is 0. The van der Waals surface area contributed by atoms with Crippen molar-refractivity contribution < 1.29 is 23.9 Å². The maximum atomic E-state index is 12.0. The minimum atomic E-state index is -0.917. The average molecular weight is 294 g/mol. The number of esters is 2. The van der Waals surface area contributed by atoms with E-state index in [1.54, 1.807) is 24.3 Å². The van der Waals surface area contributed by atoms with Crippen LogP contribution in [0.2, 0.25) is 0 Å². The first kappa shape index (κ1) is 16.5. The number of methoxy groups -OCH3 is 2. The number of nitrogens with one attached hydrogen (secondary N) is 1. The Hall–Kier alpha value is -2.57. The van der Waals surface area contributed by atoms with Crippen LogP contribution in [0.4, 0.5) is 5.69 Å². The van der Waals surface area contributed by atoms with Crippen LogP contribution in [0.5, 0.6) is 0 Å². The molecule has 0 heterocycles. The Balaban J connectivity index is 2.71. The van der Waals surface area contributed by atoms with Crippen molar-refractivity contribution in [2.75, 3.05) is 20.0 Å². The lowest BCUT2D eigenvalue weighted by atomic mass is 10.1. The first-order chi connectivity index (χ1) is 9.97. The summed E-state index contributed by atoms with van der Waals surface area (Å²) < 4.78 is 9.11. The molecule has 0 aromatic heterocycles. The number of rotatable bonds is 6. The van der Waals surface area contributed by atoms with Gasteiger partial charge in [0.05, 0.1) is 14.2 Å². The highest BCUT2D eigenvalue weighted by atomic mass is 16.5. The molecule has 1 amide bonds. The summed E-state index contributed by atoms with van der Waals surface area (Å²) in [5.74, 6) is -1.54. The van der Waals surface area contributed by atoms with E-state index in [0.29, 0.717) is 11.3 Å². The number of nitrogens with two attached hydrogens (primary N) is 1. The van der Waals surface area contributed by atoms with Gasteiger partial charge in [-0.15, -0.1) is 0 Å². The summed E-state index contributed by atoms with van der Waals surface area (Å²) in [5.41, 5.74) is 6.42. The number of ether oxygens (including phenoxy) is 2. The minimum Gasteiger partial charge on any atom is -0.469 e. The number of carbonyl (C=O) groups excluding carboxylic acids is 3. The lowest BCUT2D eigenvalue weighted by Gasteiger charge is -2.16. The standard InChI is InChI=1S/C14H18N2O5/c1-20-12(17)8-7-11(14(19)21-2)16-13(18)9-3-5-10(15)6-4-9/h3-6,11H,7-8,15H2,1-2H3,(H,16,18). The van der Waals surface area contributed by atoms with Crippen molar-refractivity contribution in [3.05, 3.63) is 29.8 Å². The van der Waals surface area contributed by atoms with E-state index in [4.69, 9.17) is 5.73 Å². The van der Waals surface area contributed by atoms with Gasteiger partial charge in [-0.2, -0.15) is 0 Å². The lowest BCUT2D eigenvalue weighted by Crippen LogP contribution is -2.41. The van der Waals surface area contributed by atoms with E-state index in [2.05, 4.69) is 14.8 Å². The maximum absolute atomic E-state index is 12.0. The summed E-state index contributed by atoms with van der Waals surface area (Å²) in [5, 5.41) is 2.52. The second-order valence-corrected chi connectivity index (χ2v) is 4.29. The summed E-state index contributed by atoms with van der Waals surface area (Å²) in [4.78, 5) is 34.8. The zero-order valence-corrected chi connectivity index (χ0v) is 11.9. The molecule has 0 aliphatic carbocycles. The highest BCUT2D eigenvalue weighted by Crippen LogP contribution is 2.07. The molecule has 0 spiro atoms. The van der Waals surface area contributed by atoms with Gasteiger partial charge in [-0.1, -0.05) is 0 Å². The smallest absolute Gasteiger partial charge is 0.328 e. The van der Waals surface area contributed by atoms with Crippen LogP contribution in [-0.2, 0) is 19.1 Å². The average Bonchev–Trinajstić information content (AvgIpc) is 2.50. The monoisotopic (exact) mass is 294 g/mol. The van der Waals surface area contributed by atoms with Gasteiger partial charge in [-0.3, -0.25) is 9.59 Å². The van der Waals surface area contributed by atoms with Gasteiger partial charge in [0.1, 0.15) is 6.04 Å². The number of hydrogen-bond donors (Lipinski definition) is 2. The third-order valence-corrected chi connectivity index (χ3v) is 2.83. The first-order valence-electron chi connectivity index (χ1n) is 6.29. The molecule has 1 aromatic rings. The first-order valence-corrected chi connectivity index (χ1v) is 6.29. The Morgan fingerprint density at radius 3 is 2.29 bits per heavy atom. The van der Waals surface area contributed by atoms with Crippen LogP contribution in [0.15, 0.2) is 24.3 Å².